The number of nitrogens with one attached hydrogen (secondary N) is 1. The lowest BCUT2D eigenvalue weighted by molar-refractivity contribution is 0.536. The standard InChI is InChI=1S/C15H19FN2S/c1-11-15(19-10-18-11)8-7-12(9-17-2)13-5-3-4-6-14(13)16/h3-6,10,12,17H,7-9H2,1-2H3. The summed E-state index contributed by atoms with van der Waals surface area (Å²) in [7, 11) is 1.91. The van der Waals surface area contributed by atoms with E-state index in [4.69, 9.17) is 0 Å². The van der Waals surface area contributed by atoms with Gasteiger partial charge in [0.05, 0.1) is 11.2 Å². The van der Waals surface area contributed by atoms with Crippen LogP contribution in [0.2, 0.25) is 0 Å². The zero-order valence-electron chi connectivity index (χ0n) is 11.3. The molecule has 0 aliphatic rings. The molecule has 2 nitrogen and oxygen atoms in total. The van der Waals surface area contributed by atoms with Crippen LogP contribution in [0.1, 0.15) is 28.5 Å². The quantitative estimate of drug-likeness (QED) is 0.874. The first-order valence-corrected chi connectivity index (χ1v) is 7.38. The first kappa shape index (κ1) is 14.2. The van der Waals surface area contributed by atoms with E-state index in [2.05, 4.69) is 10.3 Å². The van der Waals surface area contributed by atoms with Gasteiger partial charge in [-0.2, -0.15) is 0 Å². The molecule has 0 aliphatic carbocycles. The highest BCUT2D eigenvalue weighted by molar-refractivity contribution is 7.09. The number of hydrogen-bond acceptors (Lipinski definition) is 3. The maximum atomic E-state index is 13.9. The summed E-state index contributed by atoms with van der Waals surface area (Å²) >= 11 is 1.68. The number of hydrogen-bond donors (Lipinski definition) is 1. The Morgan fingerprint density at radius 3 is 2.79 bits per heavy atom. The van der Waals surface area contributed by atoms with Crippen LogP contribution in [0.3, 0.4) is 0 Å². The van der Waals surface area contributed by atoms with Crippen LogP contribution in [0.25, 0.3) is 0 Å². The average Bonchev–Trinajstić information content (AvgIpc) is 2.81. The van der Waals surface area contributed by atoms with E-state index in [0.717, 1.165) is 30.6 Å². The lowest BCUT2D eigenvalue weighted by atomic mass is 9.93. The summed E-state index contributed by atoms with van der Waals surface area (Å²) in [6, 6.07) is 7.06. The van der Waals surface area contributed by atoms with Gasteiger partial charge in [-0.05, 0) is 44.4 Å². The summed E-state index contributed by atoms with van der Waals surface area (Å²) in [6.45, 7) is 2.82. The lowest BCUT2D eigenvalue weighted by Crippen LogP contribution is -2.18. The van der Waals surface area contributed by atoms with Crippen LogP contribution in [0.4, 0.5) is 4.39 Å². The lowest BCUT2D eigenvalue weighted by Gasteiger charge is -2.17. The first-order chi connectivity index (χ1) is 9.22. The van der Waals surface area contributed by atoms with Crippen molar-refractivity contribution in [2.75, 3.05) is 13.6 Å². The van der Waals surface area contributed by atoms with E-state index in [0.29, 0.717) is 0 Å². The van der Waals surface area contributed by atoms with Crippen LogP contribution >= 0.6 is 11.3 Å². The van der Waals surface area contributed by atoms with Crippen molar-refractivity contribution in [3.8, 4) is 0 Å². The van der Waals surface area contributed by atoms with Crippen LogP contribution in [-0.2, 0) is 6.42 Å². The third-order valence-corrected chi connectivity index (χ3v) is 4.36. The molecule has 0 spiro atoms. The third-order valence-electron chi connectivity index (χ3n) is 3.36. The van der Waals surface area contributed by atoms with Crippen LogP contribution in [0.5, 0.6) is 0 Å². The number of aryl methyl sites for hydroxylation is 2. The Hall–Kier alpha value is -1.26. The largest absolute Gasteiger partial charge is 0.319 e. The van der Waals surface area contributed by atoms with Gasteiger partial charge < -0.3 is 5.32 Å². The third kappa shape index (κ3) is 3.61. The SMILES string of the molecule is CNCC(CCc1scnc1C)c1ccccc1F. The highest BCUT2D eigenvalue weighted by atomic mass is 32.1. The molecule has 1 aromatic heterocycles. The molecule has 0 bridgehead atoms. The smallest absolute Gasteiger partial charge is 0.126 e. The van der Waals surface area contributed by atoms with Crippen molar-refractivity contribution in [3.05, 3.63) is 51.7 Å². The molecule has 2 aromatic rings. The van der Waals surface area contributed by atoms with E-state index in [-0.39, 0.29) is 11.7 Å². The molecule has 19 heavy (non-hydrogen) atoms. The van der Waals surface area contributed by atoms with Gasteiger partial charge in [-0.15, -0.1) is 11.3 Å². The molecule has 0 saturated carbocycles. The van der Waals surface area contributed by atoms with Crippen molar-refractivity contribution in [2.45, 2.75) is 25.7 Å². The molecule has 1 atom stereocenters. The number of thiazole rings is 1. The van der Waals surface area contributed by atoms with Crippen LogP contribution in [0, 0.1) is 12.7 Å². The van der Waals surface area contributed by atoms with Crippen molar-refractivity contribution in [2.24, 2.45) is 0 Å². The van der Waals surface area contributed by atoms with E-state index < -0.39 is 0 Å². The van der Waals surface area contributed by atoms with E-state index in [1.165, 1.54) is 10.9 Å². The van der Waals surface area contributed by atoms with Crippen LogP contribution < -0.4 is 5.32 Å². The van der Waals surface area contributed by atoms with E-state index >= 15 is 0 Å². The molecule has 0 fully saturated rings. The number of benzene rings is 1. The van der Waals surface area contributed by atoms with Crippen molar-refractivity contribution in [3.63, 3.8) is 0 Å². The molecule has 2 rings (SSSR count). The molecule has 4 heteroatoms. The van der Waals surface area contributed by atoms with Gasteiger partial charge in [0, 0.05) is 11.4 Å². The van der Waals surface area contributed by atoms with Crippen molar-refractivity contribution < 1.29 is 4.39 Å². The minimum atomic E-state index is -0.108. The second kappa shape index (κ2) is 6.78. The summed E-state index contributed by atoms with van der Waals surface area (Å²) in [6.07, 6.45) is 1.89. The predicted molar refractivity (Wildman–Crippen MR) is 78.2 cm³/mol. The Labute approximate surface area is 117 Å². The molecular weight excluding hydrogens is 259 g/mol. The topological polar surface area (TPSA) is 24.9 Å². The Bertz CT molecular complexity index is 524. The summed E-state index contributed by atoms with van der Waals surface area (Å²) in [5, 5.41) is 3.16. The fourth-order valence-corrected chi connectivity index (χ4v) is 3.09. The molecule has 102 valence electrons. The van der Waals surface area contributed by atoms with Gasteiger partial charge in [0.1, 0.15) is 5.82 Å². The monoisotopic (exact) mass is 278 g/mol. The van der Waals surface area contributed by atoms with Crippen LogP contribution in [0.15, 0.2) is 29.8 Å². The zero-order chi connectivity index (χ0) is 13.7. The van der Waals surface area contributed by atoms with Crippen molar-refractivity contribution >= 4 is 11.3 Å². The summed E-state index contributed by atoms with van der Waals surface area (Å²) in [5.74, 6) is 0.0940. The second-order valence-electron chi connectivity index (χ2n) is 4.68. The molecule has 1 aromatic carbocycles. The molecular formula is C15H19FN2S. The highest BCUT2D eigenvalue weighted by Gasteiger charge is 2.15. The Morgan fingerprint density at radius 2 is 2.16 bits per heavy atom. The maximum absolute atomic E-state index is 13.9. The molecule has 0 aliphatic heterocycles. The predicted octanol–water partition coefficient (Wildman–Crippen LogP) is 3.53. The highest BCUT2D eigenvalue weighted by Crippen LogP contribution is 2.25. The number of aromatic nitrogens is 1. The number of halogens is 1. The number of likely N-dealkylation sites (N-methyl/N-ethyl adjacent to an activating group) is 1. The second-order valence-corrected chi connectivity index (χ2v) is 5.62. The fourth-order valence-electron chi connectivity index (χ4n) is 2.29. The van der Waals surface area contributed by atoms with Gasteiger partial charge in [-0.3, -0.25) is 0 Å². The Kier molecular flexibility index (Phi) is 5.05. The minimum Gasteiger partial charge on any atom is -0.319 e. The number of rotatable bonds is 6. The molecule has 1 N–H and O–H groups in total. The van der Waals surface area contributed by atoms with Gasteiger partial charge in [0.15, 0.2) is 0 Å². The van der Waals surface area contributed by atoms with Gasteiger partial charge >= 0.3 is 0 Å². The van der Waals surface area contributed by atoms with Gasteiger partial charge in [0.25, 0.3) is 0 Å². The summed E-state index contributed by atoms with van der Waals surface area (Å²) in [5.41, 5.74) is 3.78. The average molecular weight is 278 g/mol. The summed E-state index contributed by atoms with van der Waals surface area (Å²) in [4.78, 5) is 5.56. The fraction of sp³-hybridized carbons (Fsp3) is 0.400. The normalized spacial score (nSPS) is 12.6. The zero-order valence-corrected chi connectivity index (χ0v) is 12.1. The first-order valence-electron chi connectivity index (χ1n) is 6.50. The molecule has 0 amide bonds. The van der Waals surface area contributed by atoms with E-state index in [1.807, 2.05) is 31.6 Å². The molecule has 0 radical (unpaired) electrons. The minimum absolute atomic E-state index is 0.108. The van der Waals surface area contributed by atoms with Gasteiger partial charge in [-0.25, -0.2) is 9.37 Å². The van der Waals surface area contributed by atoms with Crippen molar-refractivity contribution in [1.82, 2.24) is 10.3 Å². The molecule has 0 saturated heterocycles. The van der Waals surface area contributed by atoms with E-state index in [1.54, 1.807) is 17.4 Å². The molecule has 1 unspecified atom stereocenters. The maximum Gasteiger partial charge on any atom is 0.126 e. The number of nitrogens with zero attached hydrogens (tertiary/aromatic N) is 1. The van der Waals surface area contributed by atoms with Crippen LogP contribution in [-0.4, -0.2) is 18.6 Å². The van der Waals surface area contributed by atoms with Crippen molar-refractivity contribution in [1.29, 1.82) is 0 Å². The summed E-state index contributed by atoms with van der Waals surface area (Å²) < 4.78 is 13.9. The Morgan fingerprint density at radius 1 is 1.37 bits per heavy atom. The molecule has 1 heterocycles. The Balaban J connectivity index is 2.09. The van der Waals surface area contributed by atoms with Gasteiger partial charge in [0.2, 0.25) is 0 Å². The van der Waals surface area contributed by atoms with Gasteiger partial charge in [-0.1, -0.05) is 18.2 Å². The van der Waals surface area contributed by atoms with E-state index in [9.17, 15) is 4.39 Å².